The van der Waals surface area contributed by atoms with Crippen LogP contribution < -0.4 is 5.32 Å². The molecule has 1 aliphatic heterocycles. The van der Waals surface area contributed by atoms with E-state index < -0.39 is 5.82 Å². The monoisotopic (exact) mass is 227 g/mol. The normalized spacial score (nSPS) is 25.4. The summed E-state index contributed by atoms with van der Waals surface area (Å²) in [5.74, 6) is -0.297. The molecule has 15 heavy (non-hydrogen) atoms. The number of hydrogen-bond acceptors (Lipinski definition) is 1. The Bertz CT molecular complexity index is 408. The average Bonchev–Trinajstić information content (AvgIpc) is 2.50. The fourth-order valence-electron chi connectivity index (χ4n) is 1.94. The van der Waals surface area contributed by atoms with Crippen molar-refractivity contribution >= 4 is 17.5 Å². The molecule has 2 atom stereocenters. The minimum atomic E-state index is -0.426. The van der Waals surface area contributed by atoms with Crippen LogP contribution in [-0.4, -0.2) is 11.9 Å². The van der Waals surface area contributed by atoms with Crippen molar-refractivity contribution in [3.63, 3.8) is 0 Å². The fraction of sp³-hybridized carbons (Fsp3) is 0.364. The zero-order valence-electron chi connectivity index (χ0n) is 8.26. The van der Waals surface area contributed by atoms with Crippen LogP contribution in [0.1, 0.15) is 24.8 Å². The largest absolute Gasteiger partial charge is 0.353 e. The Kier molecular flexibility index (Phi) is 2.65. The van der Waals surface area contributed by atoms with Crippen molar-refractivity contribution in [2.75, 3.05) is 0 Å². The number of nitrogens with one attached hydrogen (secondary N) is 1. The molecule has 1 heterocycles. The van der Waals surface area contributed by atoms with Crippen molar-refractivity contribution in [2.45, 2.75) is 25.3 Å². The Labute approximate surface area is 92.4 Å². The lowest BCUT2D eigenvalue weighted by atomic mass is 9.93. The first-order valence-corrected chi connectivity index (χ1v) is 5.20. The molecule has 1 amide bonds. The fourth-order valence-corrected chi connectivity index (χ4v) is 2.13. The van der Waals surface area contributed by atoms with E-state index in [0.717, 1.165) is 5.56 Å². The van der Waals surface area contributed by atoms with Gasteiger partial charge in [0.05, 0.1) is 5.02 Å². The molecule has 1 N–H and O–H groups in total. The molecule has 2 unspecified atom stereocenters. The van der Waals surface area contributed by atoms with E-state index in [-0.39, 0.29) is 22.9 Å². The van der Waals surface area contributed by atoms with Gasteiger partial charge >= 0.3 is 0 Å². The quantitative estimate of drug-likeness (QED) is 0.785. The number of amides is 1. The lowest BCUT2D eigenvalue weighted by Gasteiger charge is -2.14. The van der Waals surface area contributed by atoms with E-state index in [2.05, 4.69) is 5.32 Å². The summed E-state index contributed by atoms with van der Waals surface area (Å²) < 4.78 is 12.9. The molecule has 1 saturated heterocycles. The molecule has 0 aliphatic carbocycles. The maximum absolute atomic E-state index is 12.9. The molecule has 0 aromatic heterocycles. The maximum Gasteiger partial charge on any atom is 0.220 e. The predicted molar refractivity (Wildman–Crippen MR) is 56.4 cm³/mol. The van der Waals surface area contributed by atoms with Gasteiger partial charge in [-0.1, -0.05) is 17.7 Å². The first-order chi connectivity index (χ1) is 7.08. The Balaban J connectivity index is 2.30. The summed E-state index contributed by atoms with van der Waals surface area (Å²) in [5.41, 5.74) is 0.909. The minimum absolute atomic E-state index is 0.0351. The van der Waals surface area contributed by atoms with Gasteiger partial charge in [-0.2, -0.15) is 0 Å². The second-order valence-corrected chi connectivity index (χ2v) is 4.25. The number of benzene rings is 1. The number of carbonyl (C=O) groups is 1. The predicted octanol–water partition coefficient (Wildman–Crippen LogP) is 2.47. The van der Waals surface area contributed by atoms with Gasteiger partial charge in [0, 0.05) is 18.4 Å². The van der Waals surface area contributed by atoms with Crippen LogP contribution in [0.4, 0.5) is 4.39 Å². The lowest BCUT2D eigenvalue weighted by molar-refractivity contribution is -0.119. The standard InChI is InChI=1S/C11H11ClFNO/c1-6-8(5-11(15)14-6)7-2-3-10(13)9(12)4-7/h2-4,6,8H,5H2,1H3,(H,14,15). The van der Waals surface area contributed by atoms with Crippen LogP contribution in [0, 0.1) is 5.82 Å². The molecular formula is C11H11ClFNO. The zero-order chi connectivity index (χ0) is 11.0. The first kappa shape index (κ1) is 10.4. The van der Waals surface area contributed by atoms with Crippen molar-refractivity contribution in [1.29, 1.82) is 0 Å². The van der Waals surface area contributed by atoms with Gasteiger partial charge in [-0.15, -0.1) is 0 Å². The summed E-state index contributed by atoms with van der Waals surface area (Å²) in [6, 6.07) is 4.70. The second-order valence-electron chi connectivity index (χ2n) is 3.84. The lowest BCUT2D eigenvalue weighted by Crippen LogP contribution is -2.24. The van der Waals surface area contributed by atoms with Gasteiger partial charge in [0.1, 0.15) is 5.82 Å². The van der Waals surface area contributed by atoms with E-state index >= 15 is 0 Å². The molecule has 1 aliphatic rings. The number of rotatable bonds is 1. The Morgan fingerprint density at radius 1 is 1.53 bits per heavy atom. The molecule has 0 radical (unpaired) electrons. The summed E-state index contributed by atoms with van der Waals surface area (Å²) in [7, 11) is 0. The van der Waals surface area contributed by atoms with Crippen LogP contribution in [0.3, 0.4) is 0 Å². The highest BCUT2D eigenvalue weighted by Crippen LogP contribution is 2.30. The highest BCUT2D eigenvalue weighted by atomic mass is 35.5. The summed E-state index contributed by atoms with van der Waals surface area (Å²) in [4.78, 5) is 11.2. The van der Waals surface area contributed by atoms with Gasteiger partial charge in [-0.05, 0) is 24.6 Å². The topological polar surface area (TPSA) is 29.1 Å². The molecule has 1 aromatic carbocycles. The van der Waals surface area contributed by atoms with Crippen LogP contribution >= 0.6 is 11.6 Å². The van der Waals surface area contributed by atoms with E-state index in [4.69, 9.17) is 11.6 Å². The van der Waals surface area contributed by atoms with Crippen LogP contribution in [0.2, 0.25) is 5.02 Å². The van der Waals surface area contributed by atoms with Crippen molar-refractivity contribution in [3.8, 4) is 0 Å². The SMILES string of the molecule is CC1NC(=O)CC1c1ccc(F)c(Cl)c1. The smallest absolute Gasteiger partial charge is 0.220 e. The Morgan fingerprint density at radius 3 is 2.80 bits per heavy atom. The molecule has 1 fully saturated rings. The molecule has 0 saturated carbocycles. The number of hydrogen-bond donors (Lipinski definition) is 1. The van der Waals surface area contributed by atoms with E-state index in [9.17, 15) is 9.18 Å². The third-order valence-corrected chi connectivity index (χ3v) is 3.06. The number of carbonyl (C=O) groups excluding carboxylic acids is 1. The van der Waals surface area contributed by atoms with Crippen molar-refractivity contribution < 1.29 is 9.18 Å². The third kappa shape index (κ3) is 1.97. The molecule has 1 aromatic rings. The van der Waals surface area contributed by atoms with E-state index in [1.807, 2.05) is 6.92 Å². The molecule has 4 heteroatoms. The van der Waals surface area contributed by atoms with Crippen LogP contribution in [-0.2, 0) is 4.79 Å². The average molecular weight is 228 g/mol. The highest BCUT2D eigenvalue weighted by molar-refractivity contribution is 6.30. The molecule has 0 spiro atoms. The molecule has 80 valence electrons. The van der Waals surface area contributed by atoms with Gasteiger partial charge in [0.15, 0.2) is 0 Å². The van der Waals surface area contributed by atoms with Gasteiger partial charge < -0.3 is 5.32 Å². The summed E-state index contributed by atoms with van der Waals surface area (Å²) in [5, 5.41) is 2.93. The molecule has 2 nitrogen and oxygen atoms in total. The highest BCUT2D eigenvalue weighted by Gasteiger charge is 2.30. The van der Waals surface area contributed by atoms with Crippen LogP contribution in [0.25, 0.3) is 0 Å². The van der Waals surface area contributed by atoms with Gasteiger partial charge in [-0.25, -0.2) is 4.39 Å². The van der Waals surface area contributed by atoms with Gasteiger partial charge in [0.2, 0.25) is 5.91 Å². The molecular weight excluding hydrogens is 217 g/mol. The van der Waals surface area contributed by atoms with Crippen molar-refractivity contribution in [3.05, 3.63) is 34.6 Å². The van der Waals surface area contributed by atoms with E-state index in [0.29, 0.717) is 6.42 Å². The van der Waals surface area contributed by atoms with Crippen LogP contribution in [0.5, 0.6) is 0 Å². The maximum atomic E-state index is 12.9. The van der Waals surface area contributed by atoms with Crippen LogP contribution in [0.15, 0.2) is 18.2 Å². The molecule has 2 rings (SSSR count). The van der Waals surface area contributed by atoms with Gasteiger partial charge in [0.25, 0.3) is 0 Å². The van der Waals surface area contributed by atoms with Crippen molar-refractivity contribution in [2.24, 2.45) is 0 Å². The van der Waals surface area contributed by atoms with Crippen molar-refractivity contribution in [1.82, 2.24) is 5.32 Å². The summed E-state index contributed by atoms with van der Waals surface area (Å²) >= 11 is 5.70. The third-order valence-electron chi connectivity index (χ3n) is 2.77. The minimum Gasteiger partial charge on any atom is -0.353 e. The number of halogens is 2. The van der Waals surface area contributed by atoms with E-state index in [1.54, 1.807) is 12.1 Å². The summed E-state index contributed by atoms with van der Waals surface area (Å²) in [6.45, 7) is 1.94. The van der Waals surface area contributed by atoms with Gasteiger partial charge in [-0.3, -0.25) is 4.79 Å². The second kappa shape index (κ2) is 3.81. The zero-order valence-corrected chi connectivity index (χ0v) is 9.01. The first-order valence-electron chi connectivity index (χ1n) is 4.82. The summed E-state index contributed by atoms with van der Waals surface area (Å²) in [6.07, 6.45) is 0.448. The Hall–Kier alpha value is -1.09. The molecule has 0 bridgehead atoms. The van der Waals surface area contributed by atoms with E-state index in [1.165, 1.54) is 6.07 Å². The Morgan fingerprint density at radius 2 is 2.27 bits per heavy atom.